The highest BCUT2D eigenvalue weighted by atomic mass is 16.7. The molecule has 122 valence electrons. The highest BCUT2D eigenvalue weighted by Crippen LogP contribution is 2.22. The van der Waals surface area contributed by atoms with Gasteiger partial charge in [-0.2, -0.15) is 0 Å². The number of aliphatic hydroxyl groups excluding tert-OH is 3. The van der Waals surface area contributed by atoms with Gasteiger partial charge >= 0.3 is 5.97 Å². The van der Waals surface area contributed by atoms with Crippen LogP contribution >= 0.6 is 0 Å². The van der Waals surface area contributed by atoms with Crippen LogP contribution in [-0.4, -0.2) is 68.8 Å². The zero-order chi connectivity index (χ0) is 16.3. The van der Waals surface area contributed by atoms with Crippen LogP contribution in [0.5, 0.6) is 5.75 Å². The van der Waals surface area contributed by atoms with Crippen molar-refractivity contribution in [1.82, 2.24) is 0 Å². The molecule has 0 amide bonds. The molecule has 1 aliphatic heterocycles. The summed E-state index contributed by atoms with van der Waals surface area (Å²) in [4.78, 5) is 10.9. The molecule has 1 fully saturated rings. The van der Waals surface area contributed by atoms with Gasteiger partial charge in [0.2, 0.25) is 0 Å². The first-order valence-electron chi connectivity index (χ1n) is 6.72. The summed E-state index contributed by atoms with van der Waals surface area (Å²) in [5.74, 6) is -1.32. The van der Waals surface area contributed by atoms with E-state index in [1.54, 1.807) is 12.1 Å². The van der Waals surface area contributed by atoms with Crippen molar-refractivity contribution in [2.24, 2.45) is 0 Å². The van der Waals surface area contributed by atoms with Gasteiger partial charge in [0, 0.05) is 0 Å². The van der Waals surface area contributed by atoms with Crippen LogP contribution in [0.2, 0.25) is 0 Å². The maximum absolute atomic E-state index is 10.9. The Morgan fingerprint density at radius 1 is 1.09 bits per heavy atom. The molecule has 1 aromatic carbocycles. The molecule has 0 saturated carbocycles. The summed E-state index contributed by atoms with van der Waals surface area (Å²) in [6.07, 6.45) is -7.54. The van der Waals surface area contributed by atoms with Crippen molar-refractivity contribution >= 4 is 5.97 Å². The summed E-state index contributed by atoms with van der Waals surface area (Å²) in [5.41, 5.74) is 0.860. The largest absolute Gasteiger partial charge is 0.508 e. The molecule has 1 saturated heterocycles. The molecule has 5 atom stereocenters. The van der Waals surface area contributed by atoms with E-state index in [2.05, 4.69) is 0 Å². The summed E-state index contributed by atoms with van der Waals surface area (Å²) >= 11 is 0. The zero-order valence-corrected chi connectivity index (χ0v) is 11.6. The molecule has 5 N–H and O–H groups in total. The smallest absolute Gasteiger partial charge is 0.335 e. The highest BCUT2D eigenvalue weighted by Gasteiger charge is 2.47. The summed E-state index contributed by atoms with van der Waals surface area (Å²) in [5, 5.41) is 47.0. The van der Waals surface area contributed by atoms with Crippen LogP contribution in [0.25, 0.3) is 0 Å². The normalized spacial score (nSPS) is 31.9. The number of aliphatic carboxylic acids is 1. The molecule has 0 radical (unpaired) electrons. The molecule has 0 unspecified atom stereocenters. The first kappa shape index (κ1) is 16.7. The lowest BCUT2D eigenvalue weighted by Gasteiger charge is -2.38. The Morgan fingerprint density at radius 2 is 1.73 bits per heavy atom. The van der Waals surface area contributed by atoms with Crippen molar-refractivity contribution in [3.05, 3.63) is 29.8 Å². The van der Waals surface area contributed by atoms with Crippen molar-refractivity contribution in [3.8, 4) is 5.75 Å². The number of phenols is 1. The fourth-order valence-electron chi connectivity index (χ4n) is 2.15. The molecule has 1 aromatic rings. The maximum Gasteiger partial charge on any atom is 0.335 e. The average molecular weight is 314 g/mol. The van der Waals surface area contributed by atoms with Crippen LogP contribution in [0, 0.1) is 0 Å². The average Bonchev–Trinajstić information content (AvgIpc) is 2.49. The SMILES string of the molecule is O=C(O)[C@@H]1O[C@H](OCCc2ccc(O)cc2)[C@@H](O)[C@H](O)[C@H]1O. The molecule has 0 bridgehead atoms. The van der Waals surface area contributed by atoms with Crippen molar-refractivity contribution in [3.63, 3.8) is 0 Å². The van der Waals surface area contributed by atoms with Gasteiger partial charge in [0.05, 0.1) is 6.61 Å². The van der Waals surface area contributed by atoms with E-state index in [4.69, 9.17) is 19.7 Å². The van der Waals surface area contributed by atoms with Crippen molar-refractivity contribution in [2.75, 3.05) is 6.61 Å². The quantitative estimate of drug-likeness (QED) is 0.459. The van der Waals surface area contributed by atoms with Gasteiger partial charge in [-0.1, -0.05) is 12.1 Å². The Labute approximate surface area is 126 Å². The summed E-state index contributed by atoms with van der Waals surface area (Å²) in [7, 11) is 0. The Morgan fingerprint density at radius 3 is 2.32 bits per heavy atom. The van der Waals surface area contributed by atoms with Crippen LogP contribution in [0.3, 0.4) is 0 Å². The lowest BCUT2D eigenvalue weighted by molar-refractivity contribution is -0.293. The lowest BCUT2D eigenvalue weighted by Crippen LogP contribution is -2.60. The van der Waals surface area contributed by atoms with Gasteiger partial charge < -0.3 is 35.0 Å². The molecule has 0 spiro atoms. The van der Waals surface area contributed by atoms with Gasteiger partial charge in [0.25, 0.3) is 0 Å². The van der Waals surface area contributed by atoms with E-state index in [9.17, 15) is 20.1 Å². The number of carbonyl (C=O) groups is 1. The third-order valence-corrected chi connectivity index (χ3v) is 3.42. The molecule has 0 aliphatic carbocycles. The van der Waals surface area contributed by atoms with Crippen LogP contribution in [-0.2, 0) is 20.7 Å². The summed E-state index contributed by atoms with van der Waals surface area (Å²) in [6, 6.07) is 6.41. The van der Waals surface area contributed by atoms with Gasteiger partial charge in [-0.05, 0) is 24.1 Å². The van der Waals surface area contributed by atoms with Crippen LogP contribution in [0.15, 0.2) is 24.3 Å². The molecule has 1 aliphatic rings. The minimum absolute atomic E-state index is 0.0989. The Bertz CT molecular complexity index is 502. The second-order valence-electron chi connectivity index (χ2n) is 5.02. The Kier molecular flexibility index (Phi) is 5.33. The fourth-order valence-corrected chi connectivity index (χ4v) is 2.15. The monoisotopic (exact) mass is 314 g/mol. The van der Waals surface area contributed by atoms with Crippen LogP contribution < -0.4 is 0 Å². The van der Waals surface area contributed by atoms with Gasteiger partial charge in [-0.3, -0.25) is 0 Å². The third kappa shape index (κ3) is 3.73. The number of hydrogen-bond donors (Lipinski definition) is 5. The van der Waals surface area contributed by atoms with Gasteiger partial charge in [-0.15, -0.1) is 0 Å². The molecular weight excluding hydrogens is 296 g/mol. The lowest BCUT2D eigenvalue weighted by atomic mass is 9.99. The van der Waals surface area contributed by atoms with E-state index in [-0.39, 0.29) is 12.4 Å². The topological polar surface area (TPSA) is 137 Å². The standard InChI is InChI=1S/C14H18O8/c15-8-3-1-7(2-4-8)5-6-21-14-11(18)9(16)10(17)12(22-14)13(19)20/h1-4,9-12,14-18H,5-6H2,(H,19,20)/t9-,10-,11+,12-,14+/m1/s1. The predicted octanol–water partition coefficient (Wildman–Crippen LogP) is -1.16. The number of phenolic OH excluding ortho intramolecular Hbond substituents is 1. The first-order valence-corrected chi connectivity index (χ1v) is 6.72. The van der Waals surface area contributed by atoms with Gasteiger partial charge in [0.15, 0.2) is 12.4 Å². The second kappa shape index (κ2) is 7.03. The number of ether oxygens (including phenoxy) is 2. The second-order valence-corrected chi connectivity index (χ2v) is 5.02. The number of carboxylic acids is 1. The van der Waals surface area contributed by atoms with E-state index >= 15 is 0 Å². The maximum atomic E-state index is 10.9. The van der Waals surface area contributed by atoms with Crippen LogP contribution in [0.4, 0.5) is 0 Å². The predicted molar refractivity (Wildman–Crippen MR) is 72.1 cm³/mol. The molecule has 22 heavy (non-hydrogen) atoms. The van der Waals surface area contributed by atoms with Crippen molar-refractivity contribution in [2.45, 2.75) is 37.1 Å². The molecule has 8 heteroatoms. The number of carboxylic acid groups (broad SMARTS) is 1. The molecule has 2 rings (SSSR count). The number of benzene rings is 1. The molecule has 0 aromatic heterocycles. The first-order chi connectivity index (χ1) is 10.4. The highest BCUT2D eigenvalue weighted by molar-refractivity contribution is 5.73. The Balaban J connectivity index is 1.90. The van der Waals surface area contributed by atoms with E-state index in [0.717, 1.165) is 5.56 Å². The Hall–Kier alpha value is -1.71. The number of aromatic hydroxyl groups is 1. The molecule has 8 nitrogen and oxygen atoms in total. The summed E-state index contributed by atoms with van der Waals surface area (Å²) in [6.45, 7) is 0.0989. The van der Waals surface area contributed by atoms with Crippen molar-refractivity contribution < 1.29 is 39.8 Å². The number of hydrogen-bond acceptors (Lipinski definition) is 7. The van der Waals surface area contributed by atoms with E-state index in [1.807, 2.05) is 0 Å². The fraction of sp³-hybridized carbons (Fsp3) is 0.500. The van der Waals surface area contributed by atoms with Crippen LogP contribution in [0.1, 0.15) is 5.56 Å². The molecule has 1 heterocycles. The van der Waals surface area contributed by atoms with E-state index in [1.165, 1.54) is 12.1 Å². The zero-order valence-electron chi connectivity index (χ0n) is 11.6. The number of rotatable bonds is 5. The van der Waals surface area contributed by atoms with E-state index < -0.39 is 36.7 Å². The minimum Gasteiger partial charge on any atom is -0.508 e. The van der Waals surface area contributed by atoms with Crippen molar-refractivity contribution in [1.29, 1.82) is 0 Å². The van der Waals surface area contributed by atoms with Gasteiger partial charge in [0.1, 0.15) is 24.1 Å². The third-order valence-electron chi connectivity index (χ3n) is 3.42. The van der Waals surface area contributed by atoms with E-state index in [0.29, 0.717) is 6.42 Å². The van der Waals surface area contributed by atoms with Gasteiger partial charge in [-0.25, -0.2) is 4.79 Å². The summed E-state index contributed by atoms with van der Waals surface area (Å²) < 4.78 is 10.2. The minimum atomic E-state index is -1.73. The molecular formula is C14H18O8. The number of aliphatic hydroxyl groups is 3.